The summed E-state index contributed by atoms with van der Waals surface area (Å²) in [5, 5.41) is 0. The van der Waals surface area contributed by atoms with Crippen LogP contribution in [0.1, 0.15) is 39.2 Å². The van der Waals surface area contributed by atoms with E-state index in [2.05, 4.69) is 0 Å². The lowest BCUT2D eigenvalue weighted by Gasteiger charge is -2.29. The molecule has 0 unspecified atom stereocenters. The number of likely N-dealkylation sites (N-methyl/N-ethyl adjacent to an activating group) is 1. The van der Waals surface area contributed by atoms with Crippen LogP contribution in [0.3, 0.4) is 0 Å². The molecular formula is C22H24F5NO4S. The molecule has 0 aromatic heterocycles. The van der Waals surface area contributed by atoms with Crippen LogP contribution in [0.4, 0.5) is 22.0 Å². The SMILES string of the molecule is CN([C@@H](CCCc1ccccc1)C(=O)OC(C)(C)C)S(=O)(=O)c1c(F)c(F)c(F)c(F)c1F. The molecule has 0 saturated heterocycles. The first-order valence-electron chi connectivity index (χ1n) is 9.94. The van der Waals surface area contributed by atoms with Crippen LogP contribution in [-0.4, -0.2) is 37.4 Å². The number of benzene rings is 2. The first-order valence-corrected chi connectivity index (χ1v) is 11.4. The van der Waals surface area contributed by atoms with Crippen molar-refractivity contribution in [3.63, 3.8) is 0 Å². The average Bonchev–Trinajstić information content (AvgIpc) is 2.73. The molecular weight excluding hydrogens is 469 g/mol. The highest BCUT2D eigenvalue weighted by molar-refractivity contribution is 7.89. The van der Waals surface area contributed by atoms with E-state index in [4.69, 9.17) is 4.74 Å². The van der Waals surface area contributed by atoms with Crippen LogP contribution < -0.4 is 0 Å². The van der Waals surface area contributed by atoms with E-state index < -0.39 is 61.6 Å². The maximum absolute atomic E-state index is 14.2. The Hall–Kier alpha value is -2.53. The molecule has 0 bridgehead atoms. The minimum Gasteiger partial charge on any atom is -0.459 e. The number of ether oxygens (including phenoxy) is 1. The highest BCUT2D eigenvalue weighted by Crippen LogP contribution is 2.30. The average molecular weight is 493 g/mol. The summed E-state index contributed by atoms with van der Waals surface area (Å²) in [5.41, 5.74) is -0.130. The van der Waals surface area contributed by atoms with Gasteiger partial charge in [0.2, 0.25) is 15.8 Å². The summed E-state index contributed by atoms with van der Waals surface area (Å²) >= 11 is 0. The monoisotopic (exact) mass is 493 g/mol. The molecule has 0 aliphatic carbocycles. The van der Waals surface area contributed by atoms with Crippen LogP contribution in [0.2, 0.25) is 0 Å². The van der Waals surface area contributed by atoms with Gasteiger partial charge in [-0.1, -0.05) is 30.3 Å². The quantitative estimate of drug-likeness (QED) is 0.231. The minimum atomic E-state index is -5.32. The fraction of sp³-hybridized carbons (Fsp3) is 0.409. The first-order chi connectivity index (χ1) is 15.2. The molecule has 2 aromatic carbocycles. The maximum atomic E-state index is 14.2. The van der Waals surface area contributed by atoms with Crippen LogP contribution in [0.5, 0.6) is 0 Å². The van der Waals surface area contributed by atoms with Gasteiger partial charge in [0, 0.05) is 7.05 Å². The normalized spacial score (nSPS) is 13.3. The third-order valence-electron chi connectivity index (χ3n) is 4.71. The van der Waals surface area contributed by atoms with E-state index in [1.54, 1.807) is 18.2 Å². The molecule has 0 N–H and O–H groups in total. The van der Waals surface area contributed by atoms with E-state index >= 15 is 0 Å². The van der Waals surface area contributed by atoms with Gasteiger partial charge < -0.3 is 4.74 Å². The van der Waals surface area contributed by atoms with Crippen molar-refractivity contribution >= 4 is 16.0 Å². The lowest BCUT2D eigenvalue weighted by Crippen LogP contribution is -2.46. The zero-order valence-corrected chi connectivity index (χ0v) is 19.3. The van der Waals surface area contributed by atoms with E-state index in [0.717, 1.165) is 12.6 Å². The molecule has 33 heavy (non-hydrogen) atoms. The van der Waals surface area contributed by atoms with Gasteiger partial charge in [-0.3, -0.25) is 4.79 Å². The predicted octanol–water partition coefficient (Wildman–Crippen LogP) is 4.74. The predicted molar refractivity (Wildman–Crippen MR) is 110 cm³/mol. The topological polar surface area (TPSA) is 63.7 Å². The van der Waals surface area contributed by atoms with Crippen LogP contribution in [0, 0.1) is 29.1 Å². The molecule has 11 heteroatoms. The van der Waals surface area contributed by atoms with Crippen LogP contribution in [0.25, 0.3) is 0 Å². The Bertz CT molecular complexity index is 1090. The minimum absolute atomic E-state index is 0.130. The highest BCUT2D eigenvalue weighted by atomic mass is 32.2. The summed E-state index contributed by atoms with van der Waals surface area (Å²) in [6.07, 6.45) is 0.580. The van der Waals surface area contributed by atoms with Gasteiger partial charge in [-0.15, -0.1) is 0 Å². The molecule has 0 spiro atoms. The summed E-state index contributed by atoms with van der Waals surface area (Å²) in [6.45, 7) is 4.60. The summed E-state index contributed by atoms with van der Waals surface area (Å²) in [4.78, 5) is 10.7. The van der Waals surface area contributed by atoms with Gasteiger partial charge in [-0.25, -0.2) is 30.4 Å². The molecule has 0 aliphatic heterocycles. The fourth-order valence-corrected chi connectivity index (χ4v) is 4.53. The Kier molecular flexibility index (Phi) is 8.23. The Labute approximate surface area is 189 Å². The third kappa shape index (κ3) is 6.08. The van der Waals surface area contributed by atoms with Crippen molar-refractivity contribution < 1.29 is 39.9 Å². The number of hydrogen-bond acceptors (Lipinski definition) is 4. The van der Waals surface area contributed by atoms with Crippen molar-refractivity contribution in [1.82, 2.24) is 4.31 Å². The van der Waals surface area contributed by atoms with E-state index in [9.17, 15) is 35.2 Å². The third-order valence-corrected chi connectivity index (χ3v) is 6.60. The Morgan fingerprint density at radius 1 is 0.939 bits per heavy atom. The fourth-order valence-electron chi connectivity index (χ4n) is 3.08. The van der Waals surface area contributed by atoms with E-state index in [0.29, 0.717) is 6.42 Å². The lowest BCUT2D eigenvalue weighted by molar-refractivity contribution is -0.159. The van der Waals surface area contributed by atoms with Gasteiger partial charge in [0.05, 0.1) is 0 Å². The molecule has 2 rings (SSSR count). The number of aryl methyl sites for hydroxylation is 1. The molecule has 0 amide bonds. The number of hydrogen-bond donors (Lipinski definition) is 0. The molecule has 0 aliphatic rings. The molecule has 0 fully saturated rings. The zero-order valence-electron chi connectivity index (χ0n) is 18.5. The van der Waals surface area contributed by atoms with Crippen molar-refractivity contribution in [1.29, 1.82) is 0 Å². The number of halogens is 5. The lowest BCUT2D eigenvalue weighted by atomic mass is 10.0. The number of carbonyl (C=O) groups excluding carboxylic acids is 1. The van der Waals surface area contributed by atoms with E-state index in [-0.39, 0.29) is 17.1 Å². The summed E-state index contributed by atoms with van der Waals surface area (Å²) in [6, 6.07) is 7.45. The Morgan fingerprint density at radius 3 is 1.91 bits per heavy atom. The number of esters is 1. The van der Waals surface area contributed by atoms with Gasteiger partial charge >= 0.3 is 5.97 Å². The molecule has 1 atom stereocenters. The smallest absolute Gasteiger partial charge is 0.324 e. The summed E-state index contributed by atoms with van der Waals surface area (Å²) < 4.78 is 100. The van der Waals surface area contributed by atoms with Gasteiger partial charge in [0.25, 0.3) is 0 Å². The van der Waals surface area contributed by atoms with Gasteiger partial charge in [0.1, 0.15) is 11.6 Å². The van der Waals surface area contributed by atoms with Crippen molar-refractivity contribution in [2.45, 2.75) is 56.6 Å². The van der Waals surface area contributed by atoms with Crippen LogP contribution >= 0.6 is 0 Å². The van der Waals surface area contributed by atoms with Gasteiger partial charge in [0.15, 0.2) is 28.2 Å². The Balaban J connectivity index is 2.44. The van der Waals surface area contributed by atoms with E-state index in [1.165, 1.54) is 20.8 Å². The van der Waals surface area contributed by atoms with Crippen molar-refractivity contribution in [2.24, 2.45) is 0 Å². The number of sulfonamides is 1. The van der Waals surface area contributed by atoms with Crippen LogP contribution in [-0.2, 0) is 26.0 Å². The zero-order chi connectivity index (χ0) is 25.1. The Morgan fingerprint density at radius 2 is 1.42 bits per heavy atom. The van der Waals surface area contributed by atoms with Gasteiger partial charge in [-0.2, -0.15) is 4.31 Å². The first kappa shape index (κ1) is 26.7. The second kappa shape index (κ2) is 10.2. The number of nitrogens with zero attached hydrogens (tertiary/aromatic N) is 1. The standard InChI is InChI=1S/C22H24F5NO4S/c1-22(2,3)32-21(29)14(12-8-11-13-9-6-5-7-10-13)28(4)33(30,31)20-18(26)16(24)15(23)17(25)19(20)27/h5-7,9-10,14H,8,11-12H2,1-4H3/t14-/m0/s1. The van der Waals surface area contributed by atoms with Crippen molar-refractivity contribution in [3.05, 3.63) is 65.0 Å². The molecule has 2 aromatic rings. The molecule has 182 valence electrons. The largest absolute Gasteiger partial charge is 0.459 e. The number of rotatable bonds is 8. The molecule has 0 saturated carbocycles. The molecule has 0 radical (unpaired) electrons. The second-order valence-electron chi connectivity index (χ2n) is 8.35. The van der Waals surface area contributed by atoms with Crippen LogP contribution in [0.15, 0.2) is 35.2 Å². The molecule has 5 nitrogen and oxygen atoms in total. The van der Waals surface area contributed by atoms with Crippen molar-refractivity contribution in [3.8, 4) is 0 Å². The molecule has 0 heterocycles. The van der Waals surface area contributed by atoms with E-state index in [1.807, 2.05) is 12.1 Å². The second-order valence-corrected chi connectivity index (χ2v) is 10.3. The number of carbonyl (C=O) groups is 1. The van der Waals surface area contributed by atoms with Gasteiger partial charge in [-0.05, 0) is 45.6 Å². The highest BCUT2D eigenvalue weighted by Gasteiger charge is 2.41. The summed E-state index contributed by atoms with van der Waals surface area (Å²) in [5.74, 6) is -13.3. The van der Waals surface area contributed by atoms with Crippen molar-refractivity contribution in [2.75, 3.05) is 7.05 Å². The summed E-state index contributed by atoms with van der Waals surface area (Å²) in [7, 11) is -4.50. The maximum Gasteiger partial charge on any atom is 0.324 e.